The van der Waals surface area contributed by atoms with Crippen LogP contribution in [0.2, 0.25) is 0 Å². The number of carbonyl (C=O) groups excluding carboxylic acids is 4. The number of aromatic nitrogens is 5. The Morgan fingerprint density at radius 2 is 2.09 bits per heavy atom. The predicted molar refractivity (Wildman–Crippen MR) is 118 cm³/mol. The van der Waals surface area contributed by atoms with Gasteiger partial charge in [0.25, 0.3) is 11.8 Å². The highest BCUT2D eigenvalue weighted by Gasteiger charge is 2.39. The molecule has 0 bridgehead atoms. The number of fused-ring (bicyclic) bond motifs is 1. The molecule has 1 saturated heterocycles. The number of imide groups is 1. The molecule has 2 aliphatic heterocycles. The van der Waals surface area contributed by atoms with Crippen LogP contribution < -0.4 is 10.6 Å². The van der Waals surface area contributed by atoms with Crippen molar-refractivity contribution in [1.29, 1.82) is 0 Å². The summed E-state index contributed by atoms with van der Waals surface area (Å²) in [6.45, 7) is 4.67. The van der Waals surface area contributed by atoms with E-state index in [-0.39, 0.29) is 30.5 Å². The molecule has 0 aliphatic carbocycles. The average Bonchev–Trinajstić information content (AvgIpc) is 3.52. The van der Waals surface area contributed by atoms with Crippen LogP contribution in [0.25, 0.3) is 5.69 Å². The van der Waals surface area contributed by atoms with Crippen LogP contribution in [0, 0.1) is 6.92 Å². The molecule has 34 heavy (non-hydrogen) atoms. The molecule has 2 aromatic heterocycles. The maximum Gasteiger partial charge on any atom is 0.279 e. The van der Waals surface area contributed by atoms with E-state index in [2.05, 4.69) is 26.0 Å². The van der Waals surface area contributed by atoms with E-state index in [0.717, 1.165) is 11.1 Å². The number of hydrogen-bond acceptors (Lipinski definition) is 7. The van der Waals surface area contributed by atoms with Crippen molar-refractivity contribution in [3.63, 3.8) is 0 Å². The molecule has 3 aromatic rings. The minimum Gasteiger partial charge on any atom is -0.322 e. The van der Waals surface area contributed by atoms with Gasteiger partial charge in [-0.15, -0.1) is 5.10 Å². The Balaban J connectivity index is 1.34. The first-order valence-electron chi connectivity index (χ1n) is 10.9. The van der Waals surface area contributed by atoms with Crippen molar-refractivity contribution in [2.45, 2.75) is 45.8 Å². The van der Waals surface area contributed by atoms with E-state index in [4.69, 9.17) is 0 Å². The summed E-state index contributed by atoms with van der Waals surface area (Å²) in [6.07, 6.45) is 3.66. The van der Waals surface area contributed by atoms with Crippen molar-refractivity contribution < 1.29 is 19.2 Å². The first-order chi connectivity index (χ1) is 16.4. The highest BCUT2D eigenvalue weighted by atomic mass is 16.2. The molecule has 12 heteroatoms. The SMILES string of the molecule is CCn1ncc(C)c1NC(=O)c1cn(-c2ccc3c(c2)C(=O)N(C2CCC(=O)NC2=O)C3)nn1. The van der Waals surface area contributed by atoms with Gasteiger partial charge >= 0.3 is 0 Å². The average molecular weight is 462 g/mol. The van der Waals surface area contributed by atoms with E-state index in [1.54, 1.807) is 29.1 Å². The van der Waals surface area contributed by atoms with Crippen molar-refractivity contribution in [2.24, 2.45) is 0 Å². The van der Waals surface area contributed by atoms with Gasteiger partial charge < -0.3 is 10.2 Å². The molecule has 4 heterocycles. The van der Waals surface area contributed by atoms with E-state index in [1.165, 1.54) is 15.8 Å². The fraction of sp³-hybridized carbons (Fsp3) is 0.318. The maximum atomic E-state index is 13.0. The monoisotopic (exact) mass is 462 g/mol. The molecule has 4 amide bonds. The molecule has 0 spiro atoms. The number of amides is 4. The Morgan fingerprint density at radius 3 is 2.85 bits per heavy atom. The zero-order chi connectivity index (χ0) is 24.0. The van der Waals surface area contributed by atoms with Crippen LogP contribution in [0.5, 0.6) is 0 Å². The van der Waals surface area contributed by atoms with Crippen molar-refractivity contribution in [3.8, 4) is 5.69 Å². The summed E-state index contributed by atoms with van der Waals surface area (Å²) in [7, 11) is 0. The van der Waals surface area contributed by atoms with Crippen molar-refractivity contribution >= 4 is 29.4 Å². The lowest BCUT2D eigenvalue weighted by molar-refractivity contribution is -0.136. The Kier molecular flexibility index (Phi) is 5.19. The lowest BCUT2D eigenvalue weighted by atomic mass is 10.0. The van der Waals surface area contributed by atoms with Crippen LogP contribution in [0.1, 0.15) is 51.7 Å². The summed E-state index contributed by atoms with van der Waals surface area (Å²) in [4.78, 5) is 50.9. The van der Waals surface area contributed by atoms with Gasteiger partial charge in [0.2, 0.25) is 11.8 Å². The smallest absolute Gasteiger partial charge is 0.279 e. The second-order valence-corrected chi connectivity index (χ2v) is 8.24. The standard InChI is InChI=1S/C22H22N8O4/c1-3-29-19(12(2)9-23-29)25-20(32)16-11-30(27-26-16)14-5-4-13-10-28(22(34)15(13)8-14)17-6-7-18(31)24-21(17)33/h4-5,8-9,11,17H,3,6-7,10H2,1-2H3,(H,25,32)(H,24,31,33). The Labute approximate surface area is 193 Å². The van der Waals surface area contributed by atoms with Crippen LogP contribution in [0.4, 0.5) is 5.82 Å². The van der Waals surface area contributed by atoms with Crippen molar-refractivity contribution in [2.75, 3.05) is 5.32 Å². The minimum atomic E-state index is -0.678. The van der Waals surface area contributed by atoms with Crippen LogP contribution in [0.15, 0.2) is 30.6 Å². The number of nitrogens with zero attached hydrogens (tertiary/aromatic N) is 6. The molecule has 0 saturated carbocycles. The summed E-state index contributed by atoms with van der Waals surface area (Å²) in [5.74, 6) is -0.894. The Morgan fingerprint density at radius 1 is 1.26 bits per heavy atom. The number of benzene rings is 1. The predicted octanol–water partition coefficient (Wildman–Crippen LogP) is 0.805. The summed E-state index contributed by atoms with van der Waals surface area (Å²) in [5, 5.41) is 17.3. The summed E-state index contributed by atoms with van der Waals surface area (Å²) >= 11 is 0. The molecule has 1 unspecified atom stereocenters. The fourth-order valence-corrected chi connectivity index (χ4v) is 4.23. The number of rotatable bonds is 5. The lowest BCUT2D eigenvalue weighted by Crippen LogP contribution is -2.52. The van der Waals surface area contributed by atoms with Crippen LogP contribution in [0.3, 0.4) is 0 Å². The molecule has 1 aromatic carbocycles. The van der Waals surface area contributed by atoms with E-state index < -0.39 is 17.9 Å². The highest BCUT2D eigenvalue weighted by Crippen LogP contribution is 2.29. The van der Waals surface area contributed by atoms with Gasteiger partial charge in [-0.25, -0.2) is 9.36 Å². The topological polar surface area (TPSA) is 144 Å². The largest absolute Gasteiger partial charge is 0.322 e. The number of piperidine rings is 1. The molecule has 12 nitrogen and oxygen atoms in total. The first-order valence-corrected chi connectivity index (χ1v) is 10.9. The Hall–Kier alpha value is -4.35. The second kappa shape index (κ2) is 8.21. The third kappa shape index (κ3) is 3.62. The van der Waals surface area contributed by atoms with Gasteiger partial charge in [-0.3, -0.25) is 24.5 Å². The maximum absolute atomic E-state index is 13.0. The number of hydrogen-bond donors (Lipinski definition) is 2. The van der Waals surface area contributed by atoms with Crippen molar-refractivity contribution in [1.82, 2.24) is 35.0 Å². The molecular formula is C22H22N8O4. The molecular weight excluding hydrogens is 440 g/mol. The summed E-state index contributed by atoms with van der Waals surface area (Å²) in [5.41, 5.74) is 2.73. The molecule has 1 fully saturated rings. The molecule has 2 N–H and O–H groups in total. The fourth-order valence-electron chi connectivity index (χ4n) is 4.23. The van der Waals surface area contributed by atoms with Gasteiger partial charge in [-0.05, 0) is 38.0 Å². The normalized spacial score (nSPS) is 17.6. The molecule has 5 rings (SSSR count). The lowest BCUT2D eigenvalue weighted by Gasteiger charge is -2.29. The van der Waals surface area contributed by atoms with E-state index >= 15 is 0 Å². The number of anilines is 1. The molecule has 1 atom stereocenters. The van der Waals surface area contributed by atoms with Gasteiger partial charge in [-0.1, -0.05) is 11.3 Å². The molecule has 2 aliphatic rings. The van der Waals surface area contributed by atoms with Gasteiger partial charge in [0.1, 0.15) is 11.9 Å². The zero-order valence-corrected chi connectivity index (χ0v) is 18.6. The third-order valence-electron chi connectivity index (χ3n) is 6.06. The second-order valence-electron chi connectivity index (χ2n) is 8.24. The number of aryl methyl sites for hydroxylation is 2. The summed E-state index contributed by atoms with van der Waals surface area (Å²) < 4.78 is 3.10. The first kappa shape index (κ1) is 21.5. The van der Waals surface area contributed by atoms with Crippen LogP contribution in [-0.2, 0) is 22.7 Å². The van der Waals surface area contributed by atoms with Crippen LogP contribution >= 0.6 is 0 Å². The van der Waals surface area contributed by atoms with E-state index in [9.17, 15) is 19.2 Å². The highest BCUT2D eigenvalue weighted by molar-refractivity contribution is 6.05. The van der Waals surface area contributed by atoms with Gasteiger partial charge in [0.05, 0.1) is 18.1 Å². The quantitative estimate of drug-likeness (QED) is 0.534. The number of nitrogens with one attached hydrogen (secondary N) is 2. The van der Waals surface area contributed by atoms with Crippen LogP contribution in [-0.4, -0.2) is 59.3 Å². The van der Waals surface area contributed by atoms with Gasteiger partial charge in [0.15, 0.2) is 5.69 Å². The van der Waals surface area contributed by atoms with Gasteiger partial charge in [0, 0.05) is 30.6 Å². The van der Waals surface area contributed by atoms with E-state index in [0.29, 0.717) is 30.0 Å². The Bertz CT molecular complexity index is 1340. The number of carbonyl (C=O) groups is 4. The third-order valence-corrected chi connectivity index (χ3v) is 6.06. The van der Waals surface area contributed by atoms with Gasteiger partial charge in [-0.2, -0.15) is 5.10 Å². The summed E-state index contributed by atoms with van der Waals surface area (Å²) in [6, 6.07) is 4.55. The molecule has 174 valence electrons. The zero-order valence-electron chi connectivity index (χ0n) is 18.6. The van der Waals surface area contributed by atoms with Crippen molar-refractivity contribution in [3.05, 3.63) is 53.0 Å². The minimum absolute atomic E-state index is 0.111. The van der Waals surface area contributed by atoms with E-state index in [1.807, 2.05) is 13.8 Å². The molecule has 0 radical (unpaired) electrons.